The second kappa shape index (κ2) is 8.33. The summed E-state index contributed by atoms with van der Waals surface area (Å²) in [5.74, 6) is 1.30. The first-order valence-electron chi connectivity index (χ1n) is 8.54. The molecule has 0 saturated carbocycles. The van der Waals surface area contributed by atoms with Gasteiger partial charge in [-0.1, -0.05) is 41.9 Å². The van der Waals surface area contributed by atoms with Gasteiger partial charge in [-0.25, -0.2) is 4.99 Å². The molecular formula is C22H15ClN2O2S. The first-order chi connectivity index (χ1) is 13.7. The van der Waals surface area contributed by atoms with Crippen molar-refractivity contribution in [2.24, 2.45) is 4.99 Å². The molecule has 0 aliphatic carbocycles. The van der Waals surface area contributed by atoms with Crippen LogP contribution in [0.2, 0.25) is 5.02 Å². The monoisotopic (exact) mass is 406 g/mol. The third-order valence-corrected chi connectivity index (χ3v) is 5.00. The third kappa shape index (κ3) is 4.63. The molecule has 1 heterocycles. The molecule has 138 valence electrons. The number of nitrogens with zero attached hydrogens (tertiary/aromatic N) is 1. The molecular weight excluding hydrogens is 392 g/mol. The highest BCUT2D eigenvalue weighted by Crippen LogP contribution is 2.29. The molecule has 3 aromatic rings. The summed E-state index contributed by atoms with van der Waals surface area (Å²) in [5.41, 5.74) is 1.60. The van der Waals surface area contributed by atoms with E-state index in [9.17, 15) is 4.79 Å². The van der Waals surface area contributed by atoms with Crippen molar-refractivity contribution in [3.63, 3.8) is 0 Å². The highest BCUT2D eigenvalue weighted by atomic mass is 35.5. The molecule has 0 atom stereocenters. The number of hydrogen-bond acceptors (Lipinski definition) is 4. The Morgan fingerprint density at radius 1 is 0.929 bits per heavy atom. The Hall–Kier alpha value is -3.02. The van der Waals surface area contributed by atoms with Crippen molar-refractivity contribution in [1.82, 2.24) is 5.32 Å². The maximum atomic E-state index is 12.3. The Morgan fingerprint density at radius 2 is 1.68 bits per heavy atom. The molecule has 1 fully saturated rings. The van der Waals surface area contributed by atoms with E-state index in [0.717, 1.165) is 17.0 Å². The van der Waals surface area contributed by atoms with Gasteiger partial charge in [0.05, 0.1) is 10.6 Å². The quantitative estimate of drug-likeness (QED) is 0.538. The fraction of sp³-hybridized carbons (Fsp3) is 0. The average Bonchev–Trinajstić information content (AvgIpc) is 3.03. The van der Waals surface area contributed by atoms with Crippen LogP contribution >= 0.6 is 23.4 Å². The number of aliphatic imine (C=N–C) groups is 1. The molecule has 0 bridgehead atoms. The van der Waals surface area contributed by atoms with E-state index >= 15 is 0 Å². The Morgan fingerprint density at radius 3 is 2.46 bits per heavy atom. The summed E-state index contributed by atoms with van der Waals surface area (Å²) >= 11 is 7.19. The number of benzene rings is 3. The fourth-order valence-electron chi connectivity index (χ4n) is 2.56. The molecule has 4 nitrogen and oxygen atoms in total. The second-order valence-electron chi connectivity index (χ2n) is 5.95. The van der Waals surface area contributed by atoms with Gasteiger partial charge < -0.3 is 10.1 Å². The minimum Gasteiger partial charge on any atom is -0.457 e. The largest absolute Gasteiger partial charge is 0.457 e. The fourth-order valence-corrected chi connectivity index (χ4v) is 3.53. The summed E-state index contributed by atoms with van der Waals surface area (Å²) < 4.78 is 5.85. The summed E-state index contributed by atoms with van der Waals surface area (Å²) in [6.45, 7) is 0. The van der Waals surface area contributed by atoms with Gasteiger partial charge in [0.2, 0.25) is 0 Å². The van der Waals surface area contributed by atoms with Crippen LogP contribution in [0.25, 0.3) is 6.08 Å². The van der Waals surface area contributed by atoms with Crippen molar-refractivity contribution in [3.05, 3.63) is 94.4 Å². The van der Waals surface area contributed by atoms with Gasteiger partial charge in [-0.3, -0.25) is 4.79 Å². The van der Waals surface area contributed by atoms with E-state index in [1.807, 2.05) is 60.7 Å². The summed E-state index contributed by atoms with van der Waals surface area (Å²) in [7, 11) is 0. The van der Waals surface area contributed by atoms with Crippen LogP contribution in [0.1, 0.15) is 5.56 Å². The SMILES string of the molecule is O=C1NC(=Nc2ccc(Cl)cc2)S/C1=C/c1cccc(Oc2ccccc2)c1. The summed E-state index contributed by atoms with van der Waals surface area (Å²) in [6, 6.07) is 24.3. The van der Waals surface area contributed by atoms with Gasteiger partial charge in [0.25, 0.3) is 5.91 Å². The predicted octanol–water partition coefficient (Wildman–Crippen LogP) is 6.02. The van der Waals surface area contributed by atoms with Crippen molar-refractivity contribution in [2.45, 2.75) is 0 Å². The number of ether oxygens (including phenoxy) is 1. The van der Waals surface area contributed by atoms with Crippen LogP contribution in [0.5, 0.6) is 11.5 Å². The third-order valence-electron chi connectivity index (χ3n) is 3.84. The van der Waals surface area contributed by atoms with Gasteiger partial charge in [-0.2, -0.15) is 0 Å². The van der Waals surface area contributed by atoms with Crippen LogP contribution in [0.4, 0.5) is 5.69 Å². The molecule has 1 saturated heterocycles. The lowest BCUT2D eigenvalue weighted by molar-refractivity contribution is -0.115. The lowest BCUT2D eigenvalue weighted by Gasteiger charge is -2.06. The topological polar surface area (TPSA) is 50.7 Å². The molecule has 0 aromatic heterocycles. The number of nitrogens with one attached hydrogen (secondary N) is 1. The van der Waals surface area contributed by atoms with Gasteiger partial charge in [0.1, 0.15) is 11.5 Å². The molecule has 1 N–H and O–H groups in total. The Balaban J connectivity index is 1.51. The number of carbonyl (C=O) groups is 1. The van der Waals surface area contributed by atoms with E-state index in [2.05, 4.69) is 10.3 Å². The van der Waals surface area contributed by atoms with Crippen molar-refractivity contribution in [1.29, 1.82) is 0 Å². The molecule has 4 rings (SSSR count). The average molecular weight is 407 g/mol. The summed E-state index contributed by atoms with van der Waals surface area (Å²) in [5, 5.41) is 3.96. The number of carbonyl (C=O) groups excluding carboxylic acids is 1. The Labute approximate surface area is 171 Å². The molecule has 6 heteroatoms. The van der Waals surface area contributed by atoms with E-state index in [1.165, 1.54) is 11.8 Å². The van der Waals surface area contributed by atoms with E-state index in [1.54, 1.807) is 24.3 Å². The van der Waals surface area contributed by atoms with E-state index in [4.69, 9.17) is 16.3 Å². The Kier molecular flexibility index (Phi) is 5.46. The molecule has 28 heavy (non-hydrogen) atoms. The summed E-state index contributed by atoms with van der Waals surface area (Å²) in [4.78, 5) is 17.3. The van der Waals surface area contributed by atoms with E-state index in [-0.39, 0.29) is 5.91 Å². The highest BCUT2D eigenvalue weighted by Gasteiger charge is 2.23. The molecule has 0 radical (unpaired) electrons. The van der Waals surface area contributed by atoms with Crippen LogP contribution in [-0.2, 0) is 4.79 Å². The van der Waals surface area contributed by atoms with Crippen LogP contribution in [0.3, 0.4) is 0 Å². The molecule has 1 aliphatic heterocycles. The number of thioether (sulfide) groups is 1. The van der Waals surface area contributed by atoms with Crippen LogP contribution in [0, 0.1) is 0 Å². The van der Waals surface area contributed by atoms with Crippen LogP contribution < -0.4 is 10.1 Å². The molecule has 0 unspecified atom stereocenters. The molecule has 0 spiro atoms. The van der Waals surface area contributed by atoms with Crippen LogP contribution in [-0.4, -0.2) is 11.1 Å². The number of hydrogen-bond donors (Lipinski definition) is 1. The zero-order valence-electron chi connectivity index (χ0n) is 14.6. The van der Waals surface area contributed by atoms with E-state index < -0.39 is 0 Å². The maximum Gasteiger partial charge on any atom is 0.264 e. The first kappa shape index (κ1) is 18.3. The van der Waals surface area contributed by atoms with Crippen molar-refractivity contribution >= 4 is 46.2 Å². The minimum atomic E-state index is -0.174. The predicted molar refractivity (Wildman–Crippen MR) is 115 cm³/mol. The molecule has 3 aromatic carbocycles. The van der Waals surface area contributed by atoms with Crippen molar-refractivity contribution in [2.75, 3.05) is 0 Å². The smallest absolute Gasteiger partial charge is 0.264 e. The van der Waals surface area contributed by atoms with Crippen molar-refractivity contribution in [3.8, 4) is 11.5 Å². The minimum absolute atomic E-state index is 0.174. The normalized spacial score (nSPS) is 16.4. The lowest BCUT2D eigenvalue weighted by atomic mass is 10.2. The number of amides is 1. The van der Waals surface area contributed by atoms with Gasteiger partial charge in [0.15, 0.2) is 5.17 Å². The standard InChI is InChI=1S/C22H15ClN2O2S/c23-16-9-11-17(12-10-16)24-22-25-21(26)20(28-22)14-15-5-4-8-19(13-15)27-18-6-2-1-3-7-18/h1-14H,(H,24,25,26)/b20-14+. The van der Waals surface area contributed by atoms with Gasteiger partial charge in [-0.15, -0.1) is 0 Å². The van der Waals surface area contributed by atoms with Gasteiger partial charge >= 0.3 is 0 Å². The molecule has 1 amide bonds. The zero-order chi connectivity index (χ0) is 19.3. The lowest BCUT2D eigenvalue weighted by Crippen LogP contribution is -2.19. The van der Waals surface area contributed by atoms with Gasteiger partial charge in [0, 0.05) is 5.02 Å². The van der Waals surface area contributed by atoms with Gasteiger partial charge in [-0.05, 0) is 71.9 Å². The number of halogens is 1. The summed E-state index contributed by atoms with van der Waals surface area (Å²) in [6.07, 6.45) is 1.82. The highest BCUT2D eigenvalue weighted by molar-refractivity contribution is 8.18. The van der Waals surface area contributed by atoms with E-state index in [0.29, 0.717) is 20.8 Å². The van der Waals surface area contributed by atoms with Crippen LogP contribution in [0.15, 0.2) is 88.8 Å². The second-order valence-corrected chi connectivity index (χ2v) is 7.41. The Bertz CT molecular complexity index is 1060. The number of rotatable bonds is 4. The first-order valence-corrected chi connectivity index (χ1v) is 9.73. The number of para-hydroxylation sites is 1. The molecule has 1 aliphatic rings. The van der Waals surface area contributed by atoms with Crippen molar-refractivity contribution < 1.29 is 9.53 Å². The maximum absolute atomic E-state index is 12.3. The zero-order valence-corrected chi connectivity index (χ0v) is 16.2. The number of amidine groups is 1.